The van der Waals surface area contributed by atoms with Gasteiger partial charge in [0.25, 0.3) is 5.17 Å². The van der Waals surface area contributed by atoms with Crippen LogP contribution >= 0.6 is 35.6 Å². The lowest BCUT2D eigenvalue weighted by Crippen LogP contribution is -2.30. The molecule has 0 atom stereocenters. The highest BCUT2D eigenvalue weighted by Gasteiger charge is 2.31. The van der Waals surface area contributed by atoms with E-state index in [4.69, 9.17) is 33.2 Å². The van der Waals surface area contributed by atoms with Gasteiger partial charge in [0.1, 0.15) is 6.61 Å². The standard InChI is InChI=1S/C16H15BClNO3S2/c1-24-12-5-2-10(3-6-12)8-21-16(23)19-13-7-4-11-9-22-17(20)14(11)15(13)18/h2-7,20H,8-9H2,1H3,(H,19,23). The van der Waals surface area contributed by atoms with Crippen molar-refractivity contribution in [3.63, 3.8) is 0 Å². The second-order valence-corrected chi connectivity index (χ2v) is 6.84. The molecule has 0 spiro atoms. The molecule has 2 aromatic rings. The third-order valence-electron chi connectivity index (χ3n) is 3.68. The van der Waals surface area contributed by atoms with Gasteiger partial charge in [-0.05, 0) is 47.8 Å². The fourth-order valence-electron chi connectivity index (χ4n) is 2.39. The van der Waals surface area contributed by atoms with Crippen LogP contribution in [-0.4, -0.2) is 23.6 Å². The molecule has 2 N–H and O–H groups in total. The molecule has 0 amide bonds. The number of anilines is 1. The summed E-state index contributed by atoms with van der Waals surface area (Å²) in [6.07, 6.45) is 2.03. The van der Waals surface area contributed by atoms with E-state index in [2.05, 4.69) is 5.32 Å². The van der Waals surface area contributed by atoms with E-state index in [1.807, 2.05) is 36.6 Å². The number of rotatable bonds is 4. The number of hydrogen-bond acceptors (Lipinski definition) is 5. The molecule has 3 rings (SSSR count). The maximum Gasteiger partial charge on any atom is 0.493 e. The van der Waals surface area contributed by atoms with Gasteiger partial charge in [0, 0.05) is 10.4 Å². The molecular weight excluding hydrogens is 365 g/mol. The SMILES string of the molecule is CSc1ccc(COC(=S)Nc2ccc3c(c2Cl)B(O)OC3)cc1. The van der Waals surface area contributed by atoms with Crippen molar-refractivity contribution in [2.75, 3.05) is 11.6 Å². The Bertz CT molecular complexity index is 758. The molecule has 0 radical (unpaired) electrons. The van der Waals surface area contributed by atoms with Crippen LogP contribution in [0.25, 0.3) is 0 Å². The van der Waals surface area contributed by atoms with Crippen molar-refractivity contribution in [1.82, 2.24) is 0 Å². The number of halogens is 1. The molecule has 4 nitrogen and oxygen atoms in total. The number of fused-ring (bicyclic) bond motifs is 1. The van der Waals surface area contributed by atoms with E-state index in [0.717, 1.165) is 11.1 Å². The number of nitrogens with one attached hydrogen (secondary N) is 1. The van der Waals surface area contributed by atoms with E-state index in [9.17, 15) is 5.02 Å². The first kappa shape index (κ1) is 17.6. The highest BCUT2D eigenvalue weighted by molar-refractivity contribution is 7.98. The van der Waals surface area contributed by atoms with Crippen LogP contribution < -0.4 is 10.8 Å². The van der Waals surface area contributed by atoms with Crippen molar-refractivity contribution in [3.05, 3.63) is 52.5 Å². The van der Waals surface area contributed by atoms with E-state index in [1.165, 1.54) is 4.90 Å². The lowest BCUT2D eigenvalue weighted by molar-refractivity contribution is 0.275. The lowest BCUT2D eigenvalue weighted by atomic mass is 9.79. The summed E-state index contributed by atoms with van der Waals surface area (Å²) in [5.41, 5.74) is 3.07. The summed E-state index contributed by atoms with van der Waals surface area (Å²) < 4.78 is 10.7. The molecule has 0 aromatic heterocycles. The quantitative estimate of drug-likeness (QED) is 0.483. The molecular formula is C16H15BClNO3S2. The summed E-state index contributed by atoms with van der Waals surface area (Å²) in [5.74, 6) is 0. The van der Waals surface area contributed by atoms with Crippen molar-refractivity contribution < 1.29 is 14.4 Å². The highest BCUT2D eigenvalue weighted by atomic mass is 35.5. The molecule has 0 saturated heterocycles. The molecule has 0 aliphatic carbocycles. The van der Waals surface area contributed by atoms with Gasteiger partial charge in [-0.3, -0.25) is 0 Å². The fourth-order valence-corrected chi connectivity index (χ4v) is 3.29. The normalized spacial score (nSPS) is 12.9. The Labute approximate surface area is 155 Å². The van der Waals surface area contributed by atoms with E-state index >= 15 is 0 Å². The largest absolute Gasteiger partial charge is 0.493 e. The van der Waals surface area contributed by atoms with Gasteiger partial charge in [-0.15, -0.1) is 11.8 Å². The van der Waals surface area contributed by atoms with Crippen LogP contribution in [0.4, 0.5) is 5.69 Å². The second-order valence-electron chi connectivity index (χ2n) is 5.21. The third kappa shape index (κ3) is 3.87. The molecule has 1 heterocycles. The zero-order valence-electron chi connectivity index (χ0n) is 12.9. The summed E-state index contributed by atoms with van der Waals surface area (Å²) in [6, 6.07) is 11.7. The third-order valence-corrected chi connectivity index (χ3v) is 5.05. The Balaban J connectivity index is 1.62. The summed E-state index contributed by atoms with van der Waals surface area (Å²) >= 11 is 13.2. The van der Waals surface area contributed by atoms with Crippen molar-refractivity contribution in [2.45, 2.75) is 18.1 Å². The van der Waals surface area contributed by atoms with Gasteiger partial charge in [-0.25, -0.2) is 0 Å². The summed E-state index contributed by atoms with van der Waals surface area (Å²) in [4.78, 5) is 1.20. The van der Waals surface area contributed by atoms with E-state index in [1.54, 1.807) is 17.8 Å². The molecule has 8 heteroatoms. The summed E-state index contributed by atoms with van der Waals surface area (Å²) in [6.45, 7) is 0.721. The van der Waals surface area contributed by atoms with Crippen LogP contribution in [0.1, 0.15) is 11.1 Å². The van der Waals surface area contributed by atoms with Crippen LogP contribution in [0.15, 0.2) is 41.3 Å². The average molecular weight is 380 g/mol. The zero-order valence-corrected chi connectivity index (χ0v) is 15.3. The van der Waals surface area contributed by atoms with Gasteiger partial charge in [0.15, 0.2) is 0 Å². The Kier molecular flexibility index (Phi) is 5.68. The van der Waals surface area contributed by atoms with Gasteiger partial charge in [0.2, 0.25) is 0 Å². The maximum absolute atomic E-state index is 9.82. The number of benzene rings is 2. The molecule has 124 valence electrons. The van der Waals surface area contributed by atoms with Gasteiger partial charge in [-0.2, -0.15) is 0 Å². The number of ether oxygens (including phenoxy) is 1. The monoisotopic (exact) mass is 379 g/mol. The first-order valence-corrected chi connectivity index (χ1v) is 9.27. The topological polar surface area (TPSA) is 50.7 Å². The first-order chi connectivity index (χ1) is 11.6. The minimum atomic E-state index is -1.00. The fraction of sp³-hybridized carbons (Fsp3) is 0.188. The van der Waals surface area contributed by atoms with E-state index in [-0.39, 0.29) is 5.17 Å². The van der Waals surface area contributed by atoms with Crippen LogP contribution in [0.3, 0.4) is 0 Å². The Morgan fingerprint density at radius 1 is 1.38 bits per heavy atom. The molecule has 0 saturated carbocycles. The summed E-state index contributed by atoms with van der Waals surface area (Å²) in [5, 5.41) is 13.4. The molecule has 0 fully saturated rings. The zero-order chi connectivity index (χ0) is 17.1. The Morgan fingerprint density at radius 3 is 2.83 bits per heavy atom. The van der Waals surface area contributed by atoms with E-state index < -0.39 is 7.12 Å². The van der Waals surface area contributed by atoms with Crippen molar-refractivity contribution >= 4 is 59.0 Å². The minimum absolute atomic E-state index is 0.221. The number of thiocarbonyl (C=S) groups is 1. The molecule has 0 unspecified atom stereocenters. The minimum Gasteiger partial charge on any atom is -0.466 e. The predicted molar refractivity (Wildman–Crippen MR) is 103 cm³/mol. The number of thioether (sulfide) groups is 1. The smallest absolute Gasteiger partial charge is 0.466 e. The molecule has 2 aromatic carbocycles. The Morgan fingerprint density at radius 2 is 2.12 bits per heavy atom. The van der Waals surface area contributed by atoms with Gasteiger partial charge in [-0.1, -0.05) is 29.8 Å². The first-order valence-electron chi connectivity index (χ1n) is 7.26. The number of hydrogen-bond donors (Lipinski definition) is 2. The average Bonchev–Trinajstić information content (AvgIpc) is 2.98. The van der Waals surface area contributed by atoms with Gasteiger partial charge in [0.05, 0.1) is 17.3 Å². The van der Waals surface area contributed by atoms with Gasteiger partial charge < -0.3 is 19.7 Å². The van der Waals surface area contributed by atoms with Crippen LogP contribution in [0.5, 0.6) is 0 Å². The molecule has 24 heavy (non-hydrogen) atoms. The Hall–Kier alpha value is -1.25. The lowest BCUT2D eigenvalue weighted by Gasteiger charge is -2.13. The predicted octanol–water partition coefficient (Wildman–Crippen LogP) is 3.19. The van der Waals surface area contributed by atoms with Gasteiger partial charge >= 0.3 is 7.12 Å². The molecule has 0 bridgehead atoms. The second kappa shape index (κ2) is 7.76. The maximum atomic E-state index is 9.82. The van der Waals surface area contributed by atoms with Crippen molar-refractivity contribution in [2.24, 2.45) is 0 Å². The van der Waals surface area contributed by atoms with Crippen LogP contribution in [0, 0.1) is 0 Å². The highest BCUT2D eigenvalue weighted by Crippen LogP contribution is 2.25. The van der Waals surface area contributed by atoms with Crippen molar-refractivity contribution in [1.29, 1.82) is 0 Å². The van der Waals surface area contributed by atoms with E-state index in [0.29, 0.717) is 29.4 Å². The van der Waals surface area contributed by atoms with Crippen LogP contribution in [-0.2, 0) is 22.6 Å². The van der Waals surface area contributed by atoms with Crippen LogP contribution in [0.2, 0.25) is 5.02 Å². The van der Waals surface area contributed by atoms with Crippen molar-refractivity contribution in [3.8, 4) is 0 Å². The molecule has 1 aliphatic heterocycles. The molecule has 1 aliphatic rings. The summed E-state index contributed by atoms with van der Waals surface area (Å²) in [7, 11) is -1.00.